The van der Waals surface area contributed by atoms with Crippen LogP contribution in [0.25, 0.3) is 0 Å². The normalized spacial score (nSPS) is 23.1. The second kappa shape index (κ2) is 5.12. The molecule has 0 radical (unpaired) electrons. The quantitative estimate of drug-likeness (QED) is 0.697. The summed E-state index contributed by atoms with van der Waals surface area (Å²) in [6.07, 6.45) is 5.04. The number of hydrogen-bond acceptors (Lipinski definition) is 2. The van der Waals surface area contributed by atoms with E-state index in [9.17, 15) is 4.79 Å². The highest BCUT2D eigenvalue weighted by atomic mass is 16.4. The predicted molar refractivity (Wildman–Crippen MR) is 60.5 cm³/mol. The van der Waals surface area contributed by atoms with Crippen molar-refractivity contribution in [1.82, 2.24) is 0 Å². The number of nitrogens with two attached hydrogens (primary N) is 1. The molecule has 0 aromatic rings. The van der Waals surface area contributed by atoms with E-state index in [1.807, 2.05) is 6.92 Å². The largest absolute Gasteiger partial charge is 0.481 e. The van der Waals surface area contributed by atoms with Crippen LogP contribution in [0.15, 0.2) is 23.8 Å². The summed E-state index contributed by atoms with van der Waals surface area (Å²) in [6, 6.07) is -0.312. The third kappa shape index (κ3) is 3.51. The highest BCUT2D eigenvalue weighted by Gasteiger charge is 2.19. The van der Waals surface area contributed by atoms with Gasteiger partial charge in [-0.15, -0.1) is 0 Å². The van der Waals surface area contributed by atoms with E-state index in [4.69, 9.17) is 10.8 Å². The fraction of sp³-hybridized carbons (Fsp3) is 0.583. The van der Waals surface area contributed by atoms with Gasteiger partial charge in [-0.1, -0.05) is 23.8 Å². The SMILES string of the molecule is C=C(C)C1CC=C(C(N)CC(=O)O)CC1. The van der Waals surface area contributed by atoms with Crippen molar-refractivity contribution >= 4 is 5.97 Å². The van der Waals surface area contributed by atoms with Gasteiger partial charge in [-0.3, -0.25) is 4.79 Å². The van der Waals surface area contributed by atoms with Crippen LogP contribution in [0.2, 0.25) is 0 Å². The molecular weight excluding hydrogens is 190 g/mol. The second-order valence-electron chi connectivity index (χ2n) is 4.30. The number of rotatable bonds is 4. The minimum absolute atomic E-state index is 0.0313. The smallest absolute Gasteiger partial charge is 0.305 e. The van der Waals surface area contributed by atoms with E-state index in [0.717, 1.165) is 24.8 Å². The van der Waals surface area contributed by atoms with E-state index >= 15 is 0 Å². The number of allylic oxidation sites excluding steroid dienone is 2. The Morgan fingerprint density at radius 3 is 2.87 bits per heavy atom. The molecule has 0 bridgehead atoms. The fourth-order valence-corrected chi connectivity index (χ4v) is 1.96. The molecule has 0 heterocycles. The first-order chi connectivity index (χ1) is 7.00. The van der Waals surface area contributed by atoms with Crippen molar-refractivity contribution in [2.45, 2.75) is 38.6 Å². The minimum Gasteiger partial charge on any atom is -0.481 e. The Morgan fingerprint density at radius 1 is 1.80 bits per heavy atom. The van der Waals surface area contributed by atoms with Crippen molar-refractivity contribution in [2.24, 2.45) is 11.7 Å². The predicted octanol–water partition coefficient (Wildman–Crippen LogP) is 2.09. The number of hydrogen-bond donors (Lipinski definition) is 2. The average molecular weight is 209 g/mol. The van der Waals surface area contributed by atoms with Gasteiger partial charge in [-0.05, 0) is 32.1 Å². The molecule has 3 heteroatoms. The van der Waals surface area contributed by atoms with E-state index in [0.29, 0.717) is 5.92 Å². The summed E-state index contributed by atoms with van der Waals surface area (Å²) in [5.41, 5.74) is 8.10. The van der Waals surface area contributed by atoms with Gasteiger partial charge in [-0.25, -0.2) is 0 Å². The molecule has 0 fully saturated rings. The maximum absolute atomic E-state index is 10.5. The van der Waals surface area contributed by atoms with Crippen LogP contribution in [0, 0.1) is 5.92 Å². The molecule has 0 spiro atoms. The van der Waals surface area contributed by atoms with Crippen molar-refractivity contribution in [3.8, 4) is 0 Å². The summed E-state index contributed by atoms with van der Waals surface area (Å²) in [4.78, 5) is 10.5. The van der Waals surface area contributed by atoms with Crippen LogP contribution < -0.4 is 5.73 Å². The number of carbonyl (C=O) groups is 1. The van der Waals surface area contributed by atoms with Crippen LogP contribution in [-0.2, 0) is 4.79 Å². The Hall–Kier alpha value is -1.09. The van der Waals surface area contributed by atoms with Crippen molar-refractivity contribution in [1.29, 1.82) is 0 Å². The fourth-order valence-electron chi connectivity index (χ4n) is 1.96. The zero-order valence-corrected chi connectivity index (χ0v) is 9.20. The van der Waals surface area contributed by atoms with Crippen LogP contribution in [0.4, 0.5) is 0 Å². The van der Waals surface area contributed by atoms with E-state index in [-0.39, 0.29) is 12.5 Å². The molecule has 0 aromatic heterocycles. The number of carboxylic acids is 1. The Kier molecular flexibility index (Phi) is 4.09. The van der Waals surface area contributed by atoms with Crippen LogP contribution in [0.5, 0.6) is 0 Å². The van der Waals surface area contributed by atoms with Crippen LogP contribution in [0.3, 0.4) is 0 Å². The lowest BCUT2D eigenvalue weighted by atomic mass is 9.83. The molecule has 0 amide bonds. The third-order valence-electron chi connectivity index (χ3n) is 3.01. The molecule has 0 aromatic carbocycles. The highest BCUT2D eigenvalue weighted by Crippen LogP contribution is 2.29. The molecule has 0 saturated heterocycles. The first-order valence-corrected chi connectivity index (χ1v) is 5.32. The molecule has 1 rings (SSSR count). The van der Waals surface area contributed by atoms with E-state index in [1.165, 1.54) is 5.57 Å². The lowest BCUT2D eigenvalue weighted by molar-refractivity contribution is -0.137. The molecule has 2 unspecified atom stereocenters. The van der Waals surface area contributed by atoms with Gasteiger partial charge < -0.3 is 10.8 Å². The average Bonchev–Trinajstić information content (AvgIpc) is 2.17. The number of carboxylic acid groups (broad SMARTS) is 1. The third-order valence-corrected chi connectivity index (χ3v) is 3.01. The molecule has 3 nitrogen and oxygen atoms in total. The van der Waals surface area contributed by atoms with Crippen LogP contribution in [-0.4, -0.2) is 17.1 Å². The van der Waals surface area contributed by atoms with Gasteiger partial charge in [-0.2, -0.15) is 0 Å². The van der Waals surface area contributed by atoms with Gasteiger partial charge in [0.25, 0.3) is 0 Å². The molecule has 15 heavy (non-hydrogen) atoms. The van der Waals surface area contributed by atoms with E-state index < -0.39 is 5.97 Å². The summed E-state index contributed by atoms with van der Waals surface area (Å²) in [7, 11) is 0. The van der Waals surface area contributed by atoms with Crippen molar-refractivity contribution in [2.75, 3.05) is 0 Å². The summed E-state index contributed by atoms with van der Waals surface area (Å²) in [6.45, 7) is 5.98. The number of aliphatic carboxylic acids is 1. The van der Waals surface area contributed by atoms with Crippen molar-refractivity contribution < 1.29 is 9.90 Å². The van der Waals surface area contributed by atoms with Crippen molar-refractivity contribution in [3.05, 3.63) is 23.8 Å². The summed E-state index contributed by atoms with van der Waals surface area (Å²) in [5.74, 6) is -0.281. The van der Waals surface area contributed by atoms with Gasteiger partial charge in [0.1, 0.15) is 0 Å². The molecule has 1 aliphatic carbocycles. The molecular formula is C12H19NO2. The minimum atomic E-state index is -0.828. The maximum atomic E-state index is 10.5. The Labute approximate surface area is 90.7 Å². The topological polar surface area (TPSA) is 63.3 Å². The van der Waals surface area contributed by atoms with Crippen molar-refractivity contribution in [3.63, 3.8) is 0 Å². The zero-order chi connectivity index (χ0) is 11.4. The second-order valence-corrected chi connectivity index (χ2v) is 4.30. The first-order valence-electron chi connectivity index (χ1n) is 5.32. The molecule has 84 valence electrons. The molecule has 1 aliphatic rings. The highest BCUT2D eigenvalue weighted by molar-refractivity contribution is 5.68. The van der Waals surface area contributed by atoms with E-state index in [2.05, 4.69) is 12.7 Å². The molecule has 0 aliphatic heterocycles. The van der Waals surface area contributed by atoms with Crippen LogP contribution in [0.1, 0.15) is 32.6 Å². The first kappa shape index (κ1) is 12.0. The van der Waals surface area contributed by atoms with E-state index in [1.54, 1.807) is 0 Å². The molecule has 0 saturated carbocycles. The summed E-state index contributed by atoms with van der Waals surface area (Å²) >= 11 is 0. The molecule has 2 atom stereocenters. The van der Waals surface area contributed by atoms with Gasteiger partial charge >= 0.3 is 5.97 Å². The monoisotopic (exact) mass is 209 g/mol. The van der Waals surface area contributed by atoms with Crippen LogP contribution >= 0.6 is 0 Å². The summed E-state index contributed by atoms with van der Waals surface area (Å²) < 4.78 is 0. The maximum Gasteiger partial charge on any atom is 0.305 e. The van der Waals surface area contributed by atoms with Gasteiger partial charge in [0.05, 0.1) is 6.42 Å². The molecule has 3 N–H and O–H groups in total. The Balaban J connectivity index is 2.52. The standard InChI is InChI=1S/C12H19NO2/c1-8(2)9-3-5-10(6-4-9)11(13)7-12(14)15/h5,9,11H,1,3-4,6-7,13H2,2H3,(H,14,15). The lowest BCUT2D eigenvalue weighted by Crippen LogP contribution is -2.27. The zero-order valence-electron chi connectivity index (χ0n) is 9.20. The Bertz CT molecular complexity index is 294. The van der Waals surface area contributed by atoms with Gasteiger partial charge in [0.15, 0.2) is 0 Å². The summed E-state index contributed by atoms with van der Waals surface area (Å²) in [5, 5.41) is 8.63. The lowest BCUT2D eigenvalue weighted by Gasteiger charge is -2.24. The van der Waals surface area contributed by atoms with Gasteiger partial charge in [0, 0.05) is 6.04 Å². The van der Waals surface area contributed by atoms with Gasteiger partial charge in [0.2, 0.25) is 0 Å². The Morgan fingerprint density at radius 2 is 2.47 bits per heavy atom.